The molecule has 0 heterocycles. The summed E-state index contributed by atoms with van der Waals surface area (Å²) in [7, 11) is 0. The molecule has 2 nitrogen and oxygen atoms in total. The van der Waals surface area contributed by atoms with E-state index in [1.807, 2.05) is 11.8 Å². The molecule has 1 aliphatic carbocycles. The molecular weight excluding hydrogens is 218 g/mol. The van der Waals surface area contributed by atoms with Crippen molar-refractivity contribution in [3.05, 3.63) is 0 Å². The van der Waals surface area contributed by atoms with E-state index in [9.17, 15) is 4.79 Å². The Bertz CT molecular complexity index is 155. The molecule has 1 rings (SSSR count). The smallest absolute Gasteiger partial charge is 0.289 e. The number of hydrogen-bond acceptors (Lipinski definition) is 1. The molecule has 0 saturated heterocycles. The zero-order chi connectivity index (χ0) is 8.97. The van der Waals surface area contributed by atoms with Gasteiger partial charge in [-0.05, 0) is 19.8 Å². The molecule has 1 saturated carbocycles. The van der Waals surface area contributed by atoms with E-state index in [1.165, 1.54) is 32.1 Å². The van der Waals surface area contributed by atoms with Crippen molar-refractivity contribution < 1.29 is 4.79 Å². The third-order valence-electron chi connectivity index (χ3n) is 2.58. The maximum absolute atomic E-state index is 11.1. The van der Waals surface area contributed by atoms with Gasteiger partial charge in [-0.3, -0.25) is 4.79 Å². The summed E-state index contributed by atoms with van der Waals surface area (Å²) in [4.78, 5) is 13.1. The van der Waals surface area contributed by atoms with E-state index in [2.05, 4.69) is 15.9 Å². The average Bonchev–Trinajstić information content (AvgIpc) is 2.07. The molecule has 3 heteroatoms. The summed E-state index contributed by atoms with van der Waals surface area (Å²) in [5.74, 6) is 0. The fourth-order valence-electron chi connectivity index (χ4n) is 1.92. The lowest BCUT2D eigenvalue weighted by Gasteiger charge is -2.31. The number of amides is 1. The molecule has 1 amide bonds. The van der Waals surface area contributed by atoms with Crippen LogP contribution in [0, 0.1) is 0 Å². The van der Waals surface area contributed by atoms with E-state index in [0.717, 1.165) is 6.54 Å². The van der Waals surface area contributed by atoms with Gasteiger partial charge in [-0.15, -0.1) is 0 Å². The van der Waals surface area contributed by atoms with Crippen LogP contribution in [0.2, 0.25) is 0 Å². The predicted octanol–water partition coefficient (Wildman–Crippen LogP) is 3.16. The number of rotatable bonds is 2. The van der Waals surface area contributed by atoms with Crippen LogP contribution < -0.4 is 0 Å². The molecule has 0 aromatic rings. The van der Waals surface area contributed by atoms with Gasteiger partial charge in [0.1, 0.15) is 0 Å². The molecule has 0 aliphatic heterocycles. The van der Waals surface area contributed by atoms with Gasteiger partial charge in [0.2, 0.25) is 0 Å². The number of carbonyl (C=O) groups is 1. The average molecular weight is 234 g/mol. The lowest BCUT2D eigenvalue weighted by molar-refractivity contribution is 0.183. The van der Waals surface area contributed by atoms with Crippen molar-refractivity contribution in [3.8, 4) is 0 Å². The van der Waals surface area contributed by atoms with Gasteiger partial charge in [0, 0.05) is 28.5 Å². The van der Waals surface area contributed by atoms with Crippen LogP contribution in [0.1, 0.15) is 39.0 Å². The Balaban J connectivity index is 2.46. The summed E-state index contributed by atoms with van der Waals surface area (Å²) in [5.41, 5.74) is 0. The second-order valence-corrected chi connectivity index (χ2v) is 4.01. The van der Waals surface area contributed by atoms with Gasteiger partial charge in [-0.25, -0.2) is 0 Å². The first kappa shape index (κ1) is 10.0. The minimum atomic E-state index is 0.0527. The minimum Gasteiger partial charge on any atom is -0.331 e. The van der Waals surface area contributed by atoms with E-state index in [0.29, 0.717) is 6.04 Å². The summed E-state index contributed by atoms with van der Waals surface area (Å²) in [6.07, 6.45) is 6.27. The molecule has 0 atom stereocenters. The Labute approximate surface area is 82.4 Å². The van der Waals surface area contributed by atoms with E-state index in [1.54, 1.807) is 0 Å². The number of nitrogens with zero attached hydrogens (tertiary/aromatic N) is 1. The molecular formula is C9H16BrNO. The third-order valence-corrected chi connectivity index (χ3v) is 3.04. The number of hydrogen-bond donors (Lipinski definition) is 0. The molecule has 0 spiro atoms. The fraction of sp³-hybridized carbons (Fsp3) is 0.889. The Morgan fingerprint density at radius 2 is 2.00 bits per heavy atom. The summed E-state index contributed by atoms with van der Waals surface area (Å²) in [6.45, 7) is 2.86. The summed E-state index contributed by atoms with van der Waals surface area (Å²) in [6, 6.07) is 0.496. The lowest BCUT2D eigenvalue weighted by atomic mass is 9.94. The SMILES string of the molecule is CCN(C(=O)Br)C1CCCCC1. The highest BCUT2D eigenvalue weighted by atomic mass is 79.9. The molecule has 1 aliphatic rings. The van der Waals surface area contributed by atoms with Crippen molar-refractivity contribution in [1.82, 2.24) is 4.90 Å². The quantitative estimate of drug-likeness (QED) is 0.530. The molecule has 70 valence electrons. The van der Waals surface area contributed by atoms with Gasteiger partial charge in [-0.1, -0.05) is 19.3 Å². The summed E-state index contributed by atoms with van der Waals surface area (Å²) in [5, 5.41) is 0. The first-order chi connectivity index (χ1) is 5.75. The maximum Gasteiger partial charge on any atom is 0.289 e. The van der Waals surface area contributed by atoms with Gasteiger partial charge in [-0.2, -0.15) is 0 Å². The van der Waals surface area contributed by atoms with Gasteiger partial charge in [0.15, 0.2) is 0 Å². The zero-order valence-corrected chi connectivity index (χ0v) is 9.14. The molecule has 0 N–H and O–H groups in total. The van der Waals surface area contributed by atoms with Crippen molar-refractivity contribution in [2.45, 2.75) is 45.1 Å². The normalized spacial score (nSPS) is 19.2. The highest BCUT2D eigenvalue weighted by molar-refractivity contribution is 9.18. The number of halogens is 1. The van der Waals surface area contributed by atoms with Crippen molar-refractivity contribution in [2.24, 2.45) is 0 Å². The summed E-state index contributed by atoms with van der Waals surface area (Å²) < 4.78 is 0. The van der Waals surface area contributed by atoms with Crippen molar-refractivity contribution in [2.75, 3.05) is 6.54 Å². The van der Waals surface area contributed by atoms with Crippen molar-refractivity contribution in [3.63, 3.8) is 0 Å². The Hall–Kier alpha value is -0.0500. The molecule has 1 fully saturated rings. The monoisotopic (exact) mass is 233 g/mol. The second-order valence-electron chi connectivity index (χ2n) is 3.33. The first-order valence-electron chi connectivity index (χ1n) is 4.71. The predicted molar refractivity (Wildman–Crippen MR) is 53.6 cm³/mol. The Morgan fingerprint density at radius 1 is 1.42 bits per heavy atom. The number of carbonyl (C=O) groups excluding carboxylic acids is 1. The second kappa shape index (κ2) is 4.85. The molecule has 0 bridgehead atoms. The van der Waals surface area contributed by atoms with Crippen LogP contribution in [0.4, 0.5) is 4.79 Å². The zero-order valence-electron chi connectivity index (χ0n) is 7.55. The maximum atomic E-state index is 11.1. The minimum absolute atomic E-state index is 0.0527. The van der Waals surface area contributed by atoms with Gasteiger partial charge in [0.25, 0.3) is 4.82 Å². The van der Waals surface area contributed by atoms with E-state index < -0.39 is 0 Å². The highest BCUT2D eigenvalue weighted by Gasteiger charge is 2.21. The first-order valence-corrected chi connectivity index (χ1v) is 5.51. The molecule has 12 heavy (non-hydrogen) atoms. The van der Waals surface area contributed by atoms with Gasteiger partial charge in [0.05, 0.1) is 0 Å². The van der Waals surface area contributed by atoms with Crippen LogP contribution in [0.3, 0.4) is 0 Å². The third kappa shape index (κ3) is 2.47. The van der Waals surface area contributed by atoms with Crippen LogP contribution in [-0.2, 0) is 0 Å². The summed E-state index contributed by atoms with van der Waals surface area (Å²) >= 11 is 3.02. The van der Waals surface area contributed by atoms with E-state index in [4.69, 9.17) is 0 Å². The lowest BCUT2D eigenvalue weighted by Crippen LogP contribution is -2.38. The van der Waals surface area contributed by atoms with Crippen LogP contribution in [0.5, 0.6) is 0 Å². The Kier molecular flexibility index (Phi) is 4.06. The fourth-order valence-corrected chi connectivity index (χ4v) is 2.46. The van der Waals surface area contributed by atoms with Crippen LogP contribution in [0.25, 0.3) is 0 Å². The largest absolute Gasteiger partial charge is 0.331 e. The van der Waals surface area contributed by atoms with Crippen molar-refractivity contribution >= 4 is 20.7 Å². The molecule has 0 unspecified atom stereocenters. The van der Waals surface area contributed by atoms with Crippen molar-refractivity contribution in [1.29, 1.82) is 0 Å². The van der Waals surface area contributed by atoms with Crippen LogP contribution >= 0.6 is 15.9 Å². The molecule has 0 aromatic heterocycles. The van der Waals surface area contributed by atoms with Crippen LogP contribution in [0.15, 0.2) is 0 Å². The standard InChI is InChI=1S/C9H16BrNO/c1-2-11(9(10)12)8-6-4-3-5-7-8/h8H,2-7H2,1H3. The molecule has 0 radical (unpaired) electrons. The topological polar surface area (TPSA) is 20.3 Å². The highest BCUT2D eigenvalue weighted by Crippen LogP contribution is 2.23. The van der Waals surface area contributed by atoms with E-state index >= 15 is 0 Å². The Morgan fingerprint density at radius 3 is 2.42 bits per heavy atom. The van der Waals surface area contributed by atoms with Gasteiger partial charge < -0.3 is 4.90 Å². The van der Waals surface area contributed by atoms with Crippen LogP contribution in [-0.4, -0.2) is 22.3 Å². The van der Waals surface area contributed by atoms with Gasteiger partial charge >= 0.3 is 0 Å². The molecule has 0 aromatic carbocycles. The van der Waals surface area contributed by atoms with E-state index in [-0.39, 0.29) is 4.82 Å².